The first-order chi connectivity index (χ1) is 27.0. The number of hydrogen-bond donors (Lipinski definition) is 2. The monoisotopic (exact) mass is 789 g/mol. The van der Waals surface area contributed by atoms with Crippen LogP contribution in [-0.4, -0.2) is 71.2 Å². The lowest BCUT2D eigenvalue weighted by Gasteiger charge is -2.39. The number of amides is 1. The van der Waals surface area contributed by atoms with E-state index in [0.717, 1.165) is 0 Å². The Bertz CT molecular complexity index is 2190. The summed E-state index contributed by atoms with van der Waals surface area (Å²) in [6.07, 6.45) is -3.42. The highest BCUT2D eigenvalue weighted by atomic mass is 31.2. The van der Waals surface area contributed by atoms with Crippen molar-refractivity contribution in [1.29, 1.82) is 0 Å². The molecule has 1 amide bonds. The van der Waals surface area contributed by atoms with Gasteiger partial charge in [-0.3, -0.25) is 29.0 Å². The Morgan fingerprint density at radius 2 is 1.54 bits per heavy atom. The van der Waals surface area contributed by atoms with Gasteiger partial charge in [0.1, 0.15) is 29.3 Å². The van der Waals surface area contributed by atoms with E-state index >= 15 is 4.39 Å². The number of rotatable bonds is 16. The fraction of sp³-hybridized carbons (Fsp3) is 0.350. The van der Waals surface area contributed by atoms with E-state index in [9.17, 15) is 14.2 Å². The van der Waals surface area contributed by atoms with Crippen molar-refractivity contribution in [3.8, 4) is 11.5 Å². The van der Waals surface area contributed by atoms with Crippen LogP contribution in [0.3, 0.4) is 0 Å². The van der Waals surface area contributed by atoms with E-state index in [1.165, 1.54) is 22.8 Å². The van der Waals surface area contributed by atoms with E-state index in [1.54, 1.807) is 66.2 Å². The topological polar surface area (TPSA) is 165 Å². The molecule has 1 aliphatic heterocycles. The zero-order valence-corrected chi connectivity index (χ0v) is 32.8. The summed E-state index contributed by atoms with van der Waals surface area (Å²) in [5.41, 5.74) is -0.353. The molecule has 2 N–H and O–H groups in total. The van der Waals surface area contributed by atoms with Gasteiger partial charge in [-0.25, -0.2) is 9.37 Å². The zero-order valence-electron chi connectivity index (χ0n) is 31.9. The molecule has 5 aromatic rings. The molecule has 56 heavy (non-hydrogen) atoms. The molecule has 6 rings (SSSR count). The molecular weight excluding hydrogens is 744 g/mol. The van der Waals surface area contributed by atoms with E-state index in [4.69, 9.17) is 28.0 Å². The van der Waals surface area contributed by atoms with Gasteiger partial charge in [0.2, 0.25) is 11.9 Å². The summed E-state index contributed by atoms with van der Waals surface area (Å²) < 4.78 is 68.2. The smallest absolute Gasteiger partial charge is 0.353 e. The van der Waals surface area contributed by atoms with E-state index in [0.29, 0.717) is 28.2 Å². The molecule has 0 saturated carbocycles. The molecular formula is C40H45FN5O9P. The summed E-state index contributed by atoms with van der Waals surface area (Å²) in [7, 11) is -0.674. The number of aromatic amines is 1. The molecule has 2 aromatic heterocycles. The van der Waals surface area contributed by atoms with Crippen LogP contribution >= 0.6 is 7.60 Å². The maximum absolute atomic E-state index is 17.7. The molecule has 0 unspecified atom stereocenters. The Labute approximate surface area is 323 Å². The van der Waals surface area contributed by atoms with Gasteiger partial charge in [0, 0.05) is 11.7 Å². The predicted octanol–water partition coefficient (Wildman–Crippen LogP) is 7.12. The van der Waals surface area contributed by atoms with Crippen LogP contribution in [0.5, 0.6) is 11.5 Å². The minimum atomic E-state index is -3.80. The fourth-order valence-electron chi connectivity index (χ4n) is 6.50. The molecule has 296 valence electrons. The van der Waals surface area contributed by atoms with E-state index in [2.05, 4.69) is 20.3 Å². The molecule has 1 aliphatic rings. The van der Waals surface area contributed by atoms with Gasteiger partial charge in [0.05, 0.1) is 33.8 Å². The molecule has 4 atom stereocenters. The molecule has 3 aromatic carbocycles. The van der Waals surface area contributed by atoms with Crippen LogP contribution in [0, 0.1) is 5.92 Å². The van der Waals surface area contributed by atoms with Crippen molar-refractivity contribution in [2.75, 3.05) is 32.8 Å². The fourth-order valence-corrected chi connectivity index (χ4v) is 7.85. The van der Waals surface area contributed by atoms with Gasteiger partial charge in [0.15, 0.2) is 23.6 Å². The Morgan fingerprint density at radius 1 is 0.964 bits per heavy atom. The maximum atomic E-state index is 17.7. The van der Waals surface area contributed by atoms with E-state index in [-0.39, 0.29) is 36.2 Å². The van der Waals surface area contributed by atoms with E-state index < -0.39 is 49.3 Å². The van der Waals surface area contributed by atoms with Crippen LogP contribution < -0.4 is 20.3 Å². The summed E-state index contributed by atoms with van der Waals surface area (Å²) in [5.74, 6) is 1.50. The van der Waals surface area contributed by atoms with Gasteiger partial charge in [-0.15, -0.1) is 0 Å². The summed E-state index contributed by atoms with van der Waals surface area (Å²) in [4.78, 5) is 36.8. The number of benzene rings is 3. The first-order valence-electron chi connectivity index (χ1n) is 18.1. The van der Waals surface area contributed by atoms with Gasteiger partial charge in [-0.05, 0) is 60.9 Å². The number of aromatic nitrogens is 4. The summed E-state index contributed by atoms with van der Waals surface area (Å²) in [6.45, 7) is 6.91. The van der Waals surface area contributed by atoms with Gasteiger partial charge < -0.3 is 28.0 Å². The third-order valence-corrected chi connectivity index (χ3v) is 11.0. The van der Waals surface area contributed by atoms with E-state index in [1.807, 2.05) is 54.6 Å². The van der Waals surface area contributed by atoms with Crippen LogP contribution in [0.1, 0.15) is 50.6 Å². The number of anilines is 1. The molecule has 3 heterocycles. The van der Waals surface area contributed by atoms with Crippen molar-refractivity contribution in [3.05, 3.63) is 124 Å². The molecule has 0 radical (unpaired) electrons. The lowest BCUT2D eigenvalue weighted by molar-refractivity contribution is -0.118. The molecule has 14 nitrogen and oxygen atoms in total. The van der Waals surface area contributed by atoms with Crippen molar-refractivity contribution in [1.82, 2.24) is 19.5 Å². The Balaban J connectivity index is 1.54. The molecule has 0 spiro atoms. The second-order valence-corrected chi connectivity index (χ2v) is 15.0. The number of methoxy groups -OCH3 is 2. The van der Waals surface area contributed by atoms with Crippen molar-refractivity contribution in [2.24, 2.45) is 5.92 Å². The number of halogens is 1. The van der Waals surface area contributed by atoms with Crippen LogP contribution in [0.15, 0.2) is 102 Å². The normalized spacial score (nSPS) is 18.9. The molecule has 0 bridgehead atoms. The van der Waals surface area contributed by atoms with Gasteiger partial charge in [-0.1, -0.05) is 68.4 Å². The third-order valence-electron chi connectivity index (χ3n) is 9.24. The molecule has 1 fully saturated rings. The molecule has 1 saturated heterocycles. The van der Waals surface area contributed by atoms with Crippen LogP contribution in [-0.2, 0) is 33.5 Å². The van der Waals surface area contributed by atoms with Crippen molar-refractivity contribution in [2.45, 2.75) is 57.9 Å². The predicted molar refractivity (Wildman–Crippen MR) is 208 cm³/mol. The number of H-pyrrole nitrogens is 1. The number of carbonyl (C=O) groups is 1. The van der Waals surface area contributed by atoms with Crippen LogP contribution in [0.2, 0.25) is 0 Å². The average molecular weight is 790 g/mol. The third kappa shape index (κ3) is 8.18. The van der Waals surface area contributed by atoms with Crippen LogP contribution in [0.4, 0.5) is 10.3 Å². The summed E-state index contributed by atoms with van der Waals surface area (Å²) in [6, 6.07) is 23.8. The maximum Gasteiger partial charge on any atom is 0.353 e. The first kappa shape index (κ1) is 40.5. The van der Waals surface area contributed by atoms with Gasteiger partial charge in [0.25, 0.3) is 5.56 Å². The number of nitrogens with one attached hydrogen (secondary N) is 2. The van der Waals surface area contributed by atoms with Crippen molar-refractivity contribution >= 4 is 30.6 Å². The number of alkyl halides is 1. The highest BCUT2D eigenvalue weighted by Crippen LogP contribution is 2.51. The number of ether oxygens (including phenoxy) is 4. The molecule has 16 heteroatoms. The first-order valence-corrected chi connectivity index (χ1v) is 19.8. The number of carbonyl (C=O) groups excluding carboxylic acids is 1. The second kappa shape index (κ2) is 17.3. The SMILES string of the molecule is CCOP(=O)(/C=C/[C@H]1O[C@@H](n2cnc3c(=O)[nH]c(NC(=O)C(C)C)nc32)[C@H](F)[C@@H]1OC(c1ccccc1)(c1ccc(OC)cc1)c1ccc(OC)cc1)OCC. The number of hydrogen-bond acceptors (Lipinski definition) is 11. The quantitative estimate of drug-likeness (QED) is 0.0772. The Kier molecular flexibility index (Phi) is 12.5. The number of nitrogens with zero attached hydrogens (tertiary/aromatic N) is 3. The minimum Gasteiger partial charge on any atom is -0.497 e. The summed E-state index contributed by atoms with van der Waals surface area (Å²) >= 11 is 0. The average Bonchev–Trinajstić information content (AvgIpc) is 3.76. The molecule has 0 aliphatic carbocycles. The van der Waals surface area contributed by atoms with Gasteiger partial charge >= 0.3 is 7.60 Å². The van der Waals surface area contributed by atoms with Crippen molar-refractivity contribution < 1.29 is 41.7 Å². The lowest BCUT2D eigenvalue weighted by Crippen LogP contribution is -2.43. The summed E-state index contributed by atoms with van der Waals surface area (Å²) in [5, 5.41) is 2.58. The lowest BCUT2D eigenvalue weighted by atomic mass is 9.79. The van der Waals surface area contributed by atoms with Gasteiger partial charge in [-0.2, -0.15) is 4.98 Å². The highest BCUT2D eigenvalue weighted by molar-refractivity contribution is 7.57. The standard InChI is InChI=1S/C40H45FN5O9P/c1-7-52-56(49,53-8-2)23-22-31-34(32(41)38(54-31)46-24-42-33-35(46)43-39(45-37(33)48)44-36(47)25(3)4)55-40(26-12-10-9-11-13-26,27-14-18-29(50-5)19-15-27)28-16-20-30(51-6)21-17-28/h9-25,31-32,34,38H,7-8H2,1-6H3,(H2,43,44,45,47,48)/b23-22+/t31-,32-,34-,38-/m1/s1. The number of imidazole rings is 1. The van der Waals surface area contributed by atoms with Crippen LogP contribution in [0.25, 0.3) is 11.2 Å². The van der Waals surface area contributed by atoms with Crippen molar-refractivity contribution in [3.63, 3.8) is 0 Å². The number of fused-ring (bicyclic) bond motifs is 1. The second-order valence-electron chi connectivity index (χ2n) is 13.1. The zero-order chi connectivity index (χ0) is 40.0. The Hall–Kier alpha value is -5.18. The largest absolute Gasteiger partial charge is 0.497 e. The Morgan fingerprint density at radius 3 is 2.07 bits per heavy atom. The minimum absolute atomic E-state index is 0.0437. The highest BCUT2D eigenvalue weighted by Gasteiger charge is 2.52.